The van der Waals surface area contributed by atoms with E-state index in [1.165, 1.54) is 42.6 Å². The molecule has 2 aromatic rings. The average molecular weight is 345 g/mol. The molecule has 0 saturated carbocycles. The molecule has 0 aliphatic rings. The third-order valence-electron chi connectivity index (χ3n) is 3.45. The number of hydrogen-bond acceptors (Lipinski definition) is 3. The number of aromatic nitrogens is 1. The van der Waals surface area contributed by atoms with Crippen LogP contribution in [0.25, 0.3) is 6.08 Å². The molecular weight excluding hydrogens is 328 g/mol. The molecule has 0 fully saturated rings. The summed E-state index contributed by atoms with van der Waals surface area (Å²) >= 11 is 0. The Labute approximate surface area is 144 Å². The molecule has 0 spiro atoms. The zero-order chi connectivity index (χ0) is 18.4. The first-order valence-corrected chi connectivity index (χ1v) is 7.45. The summed E-state index contributed by atoms with van der Waals surface area (Å²) in [6.07, 6.45) is 5.80. The molecule has 0 aliphatic carbocycles. The predicted molar refractivity (Wildman–Crippen MR) is 89.5 cm³/mol. The molecule has 1 aromatic carbocycles. The van der Waals surface area contributed by atoms with E-state index in [1.807, 2.05) is 0 Å². The van der Waals surface area contributed by atoms with Crippen LogP contribution in [0.5, 0.6) is 0 Å². The van der Waals surface area contributed by atoms with Crippen LogP contribution in [0.1, 0.15) is 21.5 Å². The van der Waals surface area contributed by atoms with Crippen LogP contribution in [0.2, 0.25) is 0 Å². The van der Waals surface area contributed by atoms with Gasteiger partial charge in [-0.05, 0) is 35.4 Å². The Morgan fingerprint density at radius 1 is 1.20 bits per heavy atom. The number of pyridine rings is 1. The van der Waals surface area contributed by atoms with Crippen LogP contribution in [-0.2, 0) is 11.3 Å². The number of nitrogens with one attached hydrogen (secondary N) is 1. The van der Waals surface area contributed by atoms with Crippen molar-refractivity contribution < 1.29 is 18.4 Å². The molecule has 7 heteroatoms. The summed E-state index contributed by atoms with van der Waals surface area (Å²) in [6, 6.07) is 5.10. The molecule has 1 aromatic heterocycles. The maximum absolute atomic E-state index is 13.2. The van der Waals surface area contributed by atoms with Crippen molar-refractivity contribution in [3.05, 3.63) is 71.1 Å². The minimum Gasteiger partial charge on any atom is -0.355 e. The van der Waals surface area contributed by atoms with Crippen molar-refractivity contribution in [3.8, 4) is 0 Å². The van der Waals surface area contributed by atoms with Gasteiger partial charge in [0.05, 0.1) is 5.56 Å². The lowest BCUT2D eigenvalue weighted by Crippen LogP contribution is -2.24. The first-order chi connectivity index (χ1) is 11.9. The Kier molecular flexibility index (Phi) is 5.94. The zero-order valence-corrected chi connectivity index (χ0v) is 13.8. The van der Waals surface area contributed by atoms with Crippen LogP contribution < -0.4 is 5.32 Å². The summed E-state index contributed by atoms with van der Waals surface area (Å²) in [5.74, 6) is -2.48. The third kappa shape index (κ3) is 4.94. The van der Waals surface area contributed by atoms with Crippen molar-refractivity contribution >= 4 is 17.9 Å². The second kappa shape index (κ2) is 8.14. The van der Waals surface area contributed by atoms with E-state index in [-0.39, 0.29) is 18.4 Å². The van der Waals surface area contributed by atoms with E-state index in [1.54, 1.807) is 13.1 Å². The molecule has 0 radical (unpaired) electrons. The molecule has 0 unspecified atom stereocenters. The number of nitrogens with zero attached hydrogens (tertiary/aromatic N) is 2. The Balaban J connectivity index is 2.04. The second-order valence-corrected chi connectivity index (χ2v) is 5.36. The molecule has 0 saturated heterocycles. The monoisotopic (exact) mass is 345 g/mol. The number of amides is 2. The molecule has 130 valence electrons. The van der Waals surface area contributed by atoms with Gasteiger partial charge in [0.15, 0.2) is 11.6 Å². The van der Waals surface area contributed by atoms with Gasteiger partial charge in [-0.1, -0.05) is 6.07 Å². The largest absolute Gasteiger partial charge is 0.355 e. The van der Waals surface area contributed by atoms with Crippen LogP contribution in [0.15, 0.2) is 42.7 Å². The van der Waals surface area contributed by atoms with Gasteiger partial charge >= 0.3 is 0 Å². The van der Waals surface area contributed by atoms with E-state index in [4.69, 9.17) is 0 Å². The summed E-state index contributed by atoms with van der Waals surface area (Å²) in [5, 5.41) is 2.49. The predicted octanol–water partition coefficient (Wildman–Crippen LogP) is 2.39. The van der Waals surface area contributed by atoms with E-state index < -0.39 is 11.6 Å². The van der Waals surface area contributed by atoms with E-state index >= 15 is 0 Å². The molecule has 0 aliphatic heterocycles. The third-order valence-corrected chi connectivity index (χ3v) is 3.45. The number of halogens is 2. The van der Waals surface area contributed by atoms with Gasteiger partial charge in [0, 0.05) is 39.1 Å². The Morgan fingerprint density at radius 2 is 1.96 bits per heavy atom. The van der Waals surface area contributed by atoms with Crippen molar-refractivity contribution in [2.75, 3.05) is 14.1 Å². The van der Waals surface area contributed by atoms with Crippen molar-refractivity contribution in [2.45, 2.75) is 6.54 Å². The van der Waals surface area contributed by atoms with E-state index in [2.05, 4.69) is 10.3 Å². The van der Waals surface area contributed by atoms with E-state index in [9.17, 15) is 18.4 Å². The summed E-state index contributed by atoms with van der Waals surface area (Å²) in [7, 11) is 3.06. The highest BCUT2D eigenvalue weighted by Gasteiger charge is 2.09. The fourth-order valence-electron chi connectivity index (χ4n) is 2.10. The van der Waals surface area contributed by atoms with Gasteiger partial charge in [0.2, 0.25) is 5.91 Å². The van der Waals surface area contributed by atoms with Crippen LogP contribution in [0, 0.1) is 11.6 Å². The Bertz CT molecular complexity index is 822. The zero-order valence-electron chi connectivity index (χ0n) is 13.8. The molecule has 0 atom stereocenters. The quantitative estimate of drug-likeness (QED) is 0.847. The van der Waals surface area contributed by atoms with Crippen molar-refractivity contribution in [1.29, 1.82) is 0 Å². The standard InChI is InChI=1S/C18H17F2N3O2/c1-21-18(25)14-7-12(9-22-10-14)4-6-17(24)23(2)11-13-3-5-15(19)16(20)8-13/h3-10H,11H2,1-2H3,(H,21,25)/b6-4+. The lowest BCUT2D eigenvalue weighted by Gasteiger charge is -2.15. The van der Waals surface area contributed by atoms with Gasteiger partial charge in [0.1, 0.15) is 0 Å². The number of likely N-dealkylation sites (N-methyl/N-ethyl adjacent to an activating group) is 1. The fraction of sp³-hybridized carbons (Fsp3) is 0.167. The number of rotatable bonds is 5. The van der Waals surface area contributed by atoms with Gasteiger partial charge < -0.3 is 10.2 Å². The SMILES string of the molecule is CNC(=O)c1cncc(/C=C/C(=O)N(C)Cc2ccc(F)c(F)c2)c1. The van der Waals surface area contributed by atoms with Crippen LogP contribution in [-0.4, -0.2) is 35.8 Å². The van der Waals surface area contributed by atoms with Crippen LogP contribution in [0.4, 0.5) is 8.78 Å². The number of benzene rings is 1. The molecular formula is C18H17F2N3O2. The van der Waals surface area contributed by atoms with Gasteiger partial charge in [-0.15, -0.1) is 0 Å². The molecule has 2 amide bonds. The minimum atomic E-state index is -0.953. The average Bonchev–Trinajstić information content (AvgIpc) is 2.62. The molecule has 2 rings (SSSR count). The highest BCUT2D eigenvalue weighted by molar-refractivity contribution is 5.95. The van der Waals surface area contributed by atoms with Gasteiger partial charge in [-0.25, -0.2) is 8.78 Å². The summed E-state index contributed by atoms with van der Waals surface area (Å²) in [5.41, 5.74) is 1.45. The highest BCUT2D eigenvalue weighted by Crippen LogP contribution is 2.11. The number of hydrogen-bond donors (Lipinski definition) is 1. The summed E-state index contributed by atoms with van der Waals surface area (Å²) in [6.45, 7) is 0.136. The Hall–Kier alpha value is -3.09. The normalized spacial score (nSPS) is 10.7. The Morgan fingerprint density at radius 3 is 2.64 bits per heavy atom. The van der Waals surface area contributed by atoms with Crippen molar-refractivity contribution in [2.24, 2.45) is 0 Å². The smallest absolute Gasteiger partial charge is 0.252 e. The fourth-order valence-corrected chi connectivity index (χ4v) is 2.10. The van der Waals surface area contributed by atoms with E-state index in [0.29, 0.717) is 16.7 Å². The van der Waals surface area contributed by atoms with Gasteiger partial charge in [-0.3, -0.25) is 14.6 Å². The molecule has 25 heavy (non-hydrogen) atoms. The molecule has 0 bridgehead atoms. The minimum absolute atomic E-state index is 0.136. The maximum atomic E-state index is 13.2. The summed E-state index contributed by atoms with van der Waals surface area (Å²) < 4.78 is 26.1. The number of carbonyl (C=O) groups excluding carboxylic acids is 2. The van der Waals surface area contributed by atoms with Crippen LogP contribution in [0.3, 0.4) is 0 Å². The van der Waals surface area contributed by atoms with Crippen molar-refractivity contribution in [1.82, 2.24) is 15.2 Å². The van der Waals surface area contributed by atoms with Gasteiger partial charge in [0.25, 0.3) is 5.91 Å². The lowest BCUT2D eigenvalue weighted by molar-refractivity contribution is -0.125. The first kappa shape index (κ1) is 18.3. The molecule has 5 nitrogen and oxygen atoms in total. The first-order valence-electron chi connectivity index (χ1n) is 7.45. The summed E-state index contributed by atoms with van der Waals surface area (Å²) in [4.78, 5) is 29.0. The lowest BCUT2D eigenvalue weighted by atomic mass is 10.1. The van der Waals surface area contributed by atoms with Gasteiger partial charge in [-0.2, -0.15) is 0 Å². The van der Waals surface area contributed by atoms with Crippen molar-refractivity contribution in [3.63, 3.8) is 0 Å². The second-order valence-electron chi connectivity index (χ2n) is 5.36. The molecule has 1 heterocycles. The highest BCUT2D eigenvalue weighted by atomic mass is 19.2. The molecule has 1 N–H and O–H groups in total. The topological polar surface area (TPSA) is 62.3 Å². The van der Waals surface area contributed by atoms with Crippen LogP contribution >= 0.6 is 0 Å². The number of carbonyl (C=O) groups is 2. The maximum Gasteiger partial charge on any atom is 0.252 e. The van der Waals surface area contributed by atoms with E-state index in [0.717, 1.165) is 12.1 Å².